The Labute approximate surface area is 123 Å². The van der Waals surface area contributed by atoms with Gasteiger partial charge in [-0.3, -0.25) is 15.1 Å². The Balaban J connectivity index is 1.54. The number of thiazole rings is 1. The van der Waals surface area contributed by atoms with Crippen LogP contribution in [0.1, 0.15) is 54.0 Å². The van der Waals surface area contributed by atoms with E-state index in [0.29, 0.717) is 10.4 Å². The molecule has 0 aromatic carbocycles. The van der Waals surface area contributed by atoms with Crippen molar-refractivity contribution in [3.8, 4) is 0 Å². The number of nitrogens with two attached hydrogens (primary N) is 1. The molecule has 1 amide bonds. The van der Waals surface area contributed by atoms with E-state index in [1.54, 1.807) is 0 Å². The van der Waals surface area contributed by atoms with Gasteiger partial charge in [0.05, 0.1) is 5.69 Å². The molecule has 20 heavy (non-hydrogen) atoms. The van der Waals surface area contributed by atoms with Crippen molar-refractivity contribution in [2.24, 2.45) is 11.3 Å². The van der Waals surface area contributed by atoms with Crippen molar-refractivity contribution < 1.29 is 4.79 Å². The second-order valence-electron chi connectivity index (χ2n) is 6.10. The van der Waals surface area contributed by atoms with Crippen molar-refractivity contribution in [3.63, 3.8) is 0 Å². The summed E-state index contributed by atoms with van der Waals surface area (Å²) < 4.78 is 0. The summed E-state index contributed by atoms with van der Waals surface area (Å²) in [5.41, 5.74) is 3.76. The highest BCUT2D eigenvalue weighted by Gasteiger charge is 2.36. The molecule has 0 unspecified atom stereocenters. The van der Waals surface area contributed by atoms with E-state index >= 15 is 0 Å². The Bertz CT molecular complexity index is 471. The number of hydrazine groups is 1. The fourth-order valence-corrected chi connectivity index (χ4v) is 4.30. The van der Waals surface area contributed by atoms with Crippen LogP contribution in [0.25, 0.3) is 0 Å². The van der Waals surface area contributed by atoms with Gasteiger partial charge in [-0.05, 0) is 44.2 Å². The van der Waals surface area contributed by atoms with Crippen molar-refractivity contribution in [3.05, 3.63) is 16.1 Å². The van der Waals surface area contributed by atoms with E-state index < -0.39 is 0 Å². The second-order valence-corrected chi connectivity index (χ2v) is 6.96. The van der Waals surface area contributed by atoms with Crippen LogP contribution in [0.2, 0.25) is 0 Å². The first-order chi connectivity index (χ1) is 9.71. The van der Waals surface area contributed by atoms with Crippen LogP contribution >= 0.6 is 11.3 Å². The van der Waals surface area contributed by atoms with Crippen molar-refractivity contribution >= 4 is 17.2 Å². The number of piperidine rings is 1. The standard InChI is InChI=1S/C14H22N4OS/c15-17-12(19)13-16-11(10-20-13)9-18-7-5-14(6-8-18)3-1-2-4-14/h10H,1-9,15H2,(H,17,19). The highest BCUT2D eigenvalue weighted by Crippen LogP contribution is 2.46. The lowest BCUT2D eigenvalue weighted by Crippen LogP contribution is -2.38. The Kier molecular flexibility index (Phi) is 4.05. The summed E-state index contributed by atoms with van der Waals surface area (Å²) in [7, 11) is 0. The maximum Gasteiger partial charge on any atom is 0.294 e. The minimum Gasteiger partial charge on any atom is -0.297 e. The number of nitrogen functional groups attached to an aromatic ring is 1. The maximum atomic E-state index is 11.4. The SMILES string of the molecule is NNC(=O)c1nc(CN2CCC3(CCCC3)CC2)cs1. The highest BCUT2D eigenvalue weighted by molar-refractivity contribution is 7.11. The maximum absolute atomic E-state index is 11.4. The van der Waals surface area contributed by atoms with Gasteiger partial charge in [-0.15, -0.1) is 11.3 Å². The molecule has 3 N–H and O–H groups in total. The summed E-state index contributed by atoms with van der Waals surface area (Å²) in [6.45, 7) is 3.18. The average molecular weight is 294 g/mol. The largest absolute Gasteiger partial charge is 0.297 e. The Morgan fingerprint density at radius 2 is 2.05 bits per heavy atom. The van der Waals surface area contributed by atoms with Crippen molar-refractivity contribution in [1.29, 1.82) is 0 Å². The molecule has 0 radical (unpaired) electrons. The van der Waals surface area contributed by atoms with Crippen LogP contribution in [0.3, 0.4) is 0 Å². The molecule has 1 aromatic rings. The van der Waals surface area contributed by atoms with Gasteiger partial charge in [-0.25, -0.2) is 10.8 Å². The number of carbonyl (C=O) groups is 1. The van der Waals surface area contributed by atoms with Crippen LogP contribution in [0.4, 0.5) is 0 Å². The van der Waals surface area contributed by atoms with E-state index in [-0.39, 0.29) is 5.91 Å². The smallest absolute Gasteiger partial charge is 0.294 e. The quantitative estimate of drug-likeness (QED) is 0.507. The van der Waals surface area contributed by atoms with Gasteiger partial charge in [-0.2, -0.15) is 0 Å². The van der Waals surface area contributed by atoms with Gasteiger partial charge in [0.15, 0.2) is 5.01 Å². The van der Waals surface area contributed by atoms with E-state index in [9.17, 15) is 4.79 Å². The van der Waals surface area contributed by atoms with Gasteiger partial charge in [0.25, 0.3) is 5.91 Å². The number of amides is 1. The summed E-state index contributed by atoms with van der Waals surface area (Å²) in [4.78, 5) is 18.2. The summed E-state index contributed by atoms with van der Waals surface area (Å²) in [5, 5.41) is 2.41. The molecule has 2 aliphatic rings. The number of hydrogen-bond acceptors (Lipinski definition) is 5. The number of likely N-dealkylation sites (tertiary alicyclic amines) is 1. The molecule has 1 saturated heterocycles. The first-order valence-corrected chi connectivity index (χ1v) is 8.26. The predicted octanol–water partition coefficient (Wildman–Crippen LogP) is 1.90. The molecule has 1 spiro atoms. The summed E-state index contributed by atoms with van der Waals surface area (Å²) in [6.07, 6.45) is 8.35. The van der Waals surface area contributed by atoms with Crippen LogP contribution in [-0.4, -0.2) is 28.9 Å². The molecular weight excluding hydrogens is 272 g/mol. The minimum atomic E-state index is -0.301. The number of nitrogens with zero attached hydrogens (tertiary/aromatic N) is 2. The van der Waals surface area contributed by atoms with E-state index in [2.05, 4.69) is 15.3 Å². The molecule has 0 bridgehead atoms. The van der Waals surface area contributed by atoms with E-state index in [0.717, 1.165) is 25.3 Å². The molecule has 6 heteroatoms. The lowest BCUT2D eigenvalue weighted by Gasteiger charge is -2.39. The van der Waals surface area contributed by atoms with Gasteiger partial charge in [0.1, 0.15) is 0 Å². The van der Waals surface area contributed by atoms with Crippen LogP contribution in [-0.2, 0) is 6.54 Å². The van der Waals surface area contributed by atoms with Crippen LogP contribution < -0.4 is 11.3 Å². The van der Waals surface area contributed by atoms with Gasteiger partial charge in [0, 0.05) is 11.9 Å². The minimum absolute atomic E-state index is 0.301. The first-order valence-electron chi connectivity index (χ1n) is 7.38. The zero-order valence-corrected chi connectivity index (χ0v) is 12.5. The Hall–Kier alpha value is -0.980. The van der Waals surface area contributed by atoms with Crippen LogP contribution in [0.5, 0.6) is 0 Å². The number of aromatic nitrogens is 1. The highest BCUT2D eigenvalue weighted by atomic mass is 32.1. The summed E-state index contributed by atoms with van der Waals surface area (Å²) >= 11 is 1.36. The van der Waals surface area contributed by atoms with E-state index in [1.807, 2.05) is 5.38 Å². The van der Waals surface area contributed by atoms with Gasteiger partial charge in [-0.1, -0.05) is 12.8 Å². The lowest BCUT2D eigenvalue weighted by atomic mass is 9.77. The van der Waals surface area contributed by atoms with Crippen molar-refractivity contribution in [1.82, 2.24) is 15.3 Å². The molecule has 0 atom stereocenters. The third-order valence-electron chi connectivity index (χ3n) is 4.84. The fourth-order valence-electron chi connectivity index (χ4n) is 3.59. The molecule has 1 aliphatic carbocycles. The average Bonchev–Trinajstić information content (AvgIpc) is 3.11. The fraction of sp³-hybridized carbons (Fsp3) is 0.714. The monoisotopic (exact) mass is 294 g/mol. The van der Waals surface area contributed by atoms with Crippen LogP contribution in [0, 0.1) is 5.41 Å². The summed E-state index contributed by atoms with van der Waals surface area (Å²) in [5.74, 6) is 4.82. The van der Waals surface area contributed by atoms with Crippen molar-refractivity contribution in [2.75, 3.05) is 13.1 Å². The molecule has 5 nitrogen and oxygen atoms in total. The normalized spacial score (nSPS) is 22.2. The second kappa shape index (κ2) is 5.79. The number of nitrogens with one attached hydrogen (secondary N) is 1. The Morgan fingerprint density at radius 3 is 2.70 bits per heavy atom. The molecule has 2 fully saturated rings. The van der Waals surface area contributed by atoms with Crippen molar-refractivity contribution in [2.45, 2.75) is 45.1 Å². The Morgan fingerprint density at radius 1 is 1.35 bits per heavy atom. The summed E-state index contributed by atoms with van der Waals surface area (Å²) in [6, 6.07) is 0. The van der Waals surface area contributed by atoms with Gasteiger partial charge in [0.2, 0.25) is 0 Å². The molecule has 1 aromatic heterocycles. The molecule has 110 valence electrons. The number of rotatable bonds is 3. The molecule has 3 rings (SSSR count). The van der Waals surface area contributed by atoms with Gasteiger partial charge >= 0.3 is 0 Å². The number of hydrogen-bond donors (Lipinski definition) is 2. The zero-order valence-electron chi connectivity index (χ0n) is 11.7. The predicted molar refractivity (Wildman–Crippen MR) is 79.2 cm³/mol. The third-order valence-corrected chi connectivity index (χ3v) is 5.73. The van der Waals surface area contributed by atoms with Gasteiger partial charge < -0.3 is 0 Å². The molecular formula is C14H22N4OS. The molecule has 2 heterocycles. The topological polar surface area (TPSA) is 71.2 Å². The van der Waals surface area contributed by atoms with E-state index in [4.69, 9.17) is 5.84 Å². The third kappa shape index (κ3) is 2.87. The molecule has 1 aliphatic heterocycles. The van der Waals surface area contributed by atoms with E-state index in [1.165, 1.54) is 49.9 Å². The van der Waals surface area contributed by atoms with Crippen LogP contribution in [0.15, 0.2) is 5.38 Å². The molecule has 1 saturated carbocycles. The zero-order chi connectivity index (χ0) is 14.0. The first kappa shape index (κ1) is 14.0. The number of carbonyl (C=O) groups excluding carboxylic acids is 1. The lowest BCUT2D eigenvalue weighted by molar-refractivity contribution is 0.0951.